The Morgan fingerprint density at radius 2 is 0.714 bits per heavy atom. The fraction of sp³-hybridized carbons (Fsp3) is 0. The van der Waals surface area contributed by atoms with Crippen LogP contribution in [0.1, 0.15) is 22.3 Å². The predicted molar refractivity (Wildman–Crippen MR) is 180 cm³/mol. The van der Waals surface area contributed by atoms with Gasteiger partial charge in [-0.2, -0.15) is 4.40 Å². The average Bonchev–Trinajstić information content (AvgIpc) is 3.06. The zero-order valence-electron chi connectivity index (χ0n) is 23.1. The smallest absolute Gasteiger partial charge is 0.167 e. The Morgan fingerprint density at radius 3 is 1.19 bits per heavy atom. The zero-order chi connectivity index (χ0) is 27.9. The fourth-order valence-electron chi connectivity index (χ4n) is 6.02. The number of hydrogen-bond acceptors (Lipinski definition) is 0. The zero-order valence-corrected chi connectivity index (χ0v) is 23.1. The fourth-order valence-corrected chi connectivity index (χ4v) is 6.02. The molecule has 0 bridgehead atoms. The first-order valence-electron chi connectivity index (χ1n) is 14.4. The largest absolute Gasteiger partial charge is 0.211 e. The molecule has 0 aliphatic carbocycles. The maximum atomic E-state index is 2.29. The van der Waals surface area contributed by atoms with Crippen LogP contribution in [-0.4, -0.2) is 0 Å². The minimum atomic E-state index is 1.16. The maximum absolute atomic E-state index is 2.29. The summed E-state index contributed by atoms with van der Waals surface area (Å²) in [4.78, 5) is 0. The summed E-state index contributed by atoms with van der Waals surface area (Å²) in [7, 11) is 0. The summed E-state index contributed by atoms with van der Waals surface area (Å²) in [5.74, 6) is 0. The highest BCUT2D eigenvalue weighted by Gasteiger charge is 2.05. The number of rotatable bonds is 4. The Morgan fingerprint density at radius 1 is 0.333 bits per heavy atom. The summed E-state index contributed by atoms with van der Waals surface area (Å²) in [5.41, 5.74) is 5.91. The third-order valence-corrected chi connectivity index (χ3v) is 8.26. The highest BCUT2D eigenvalue weighted by molar-refractivity contribution is 6.09. The quantitative estimate of drug-likeness (QED) is 0.156. The van der Waals surface area contributed by atoms with Crippen molar-refractivity contribution in [3.05, 3.63) is 168 Å². The molecule has 0 N–H and O–H groups in total. The van der Waals surface area contributed by atoms with Crippen LogP contribution < -0.4 is 4.40 Å². The number of benzene rings is 6. The molecule has 1 heteroatoms. The second-order valence-electron chi connectivity index (χ2n) is 11.0. The molecule has 1 nitrogen and oxygen atoms in total. The molecule has 0 fully saturated rings. The highest BCUT2D eigenvalue weighted by atomic mass is 14.8. The van der Waals surface area contributed by atoms with E-state index in [4.69, 9.17) is 0 Å². The average molecular weight is 535 g/mol. The molecule has 0 aliphatic rings. The van der Waals surface area contributed by atoms with Gasteiger partial charge in [0.15, 0.2) is 12.4 Å². The lowest BCUT2D eigenvalue weighted by Gasteiger charge is -2.05. The monoisotopic (exact) mass is 534 g/mol. The molecule has 2 aromatic heterocycles. The van der Waals surface area contributed by atoms with Gasteiger partial charge in [-0.05, 0) is 77.5 Å². The van der Waals surface area contributed by atoms with Gasteiger partial charge in [-0.3, -0.25) is 0 Å². The van der Waals surface area contributed by atoms with E-state index in [1.807, 2.05) is 0 Å². The third-order valence-electron chi connectivity index (χ3n) is 8.26. The SMILES string of the molecule is C(=C\c1cc[n+]2ccc(/C=C/c3ccc4ccc5ccccc5c4c3)cc2c1)/c1ccc2ccc3ccccc3c2c1. The van der Waals surface area contributed by atoms with E-state index < -0.39 is 0 Å². The first-order valence-corrected chi connectivity index (χ1v) is 14.4. The van der Waals surface area contributed by atoms with E-state index in [0.717, 1.165) is 5.52 Å². The lowest BCUT2D eigenvalue weighted by Crippen LogP contribution is -2.20. The number of nitrogens with zero attached hydrogens (tertiary/aromatic N) is 1. The van der Waals surface area contributed by atoms with E-state index in [-0.39, 0.29) is 0 Å². The van der Waals surface area contributed by atoms with Crippen molar-refractivity contribution in [3.63, 3.8) is 0 Å². The molecule has 0 saturated heterocycles. The van der Waals surface area contributed by atoms with Gasteiger partial charge in [0.1, 0.15) is 0 Å². The third kappa shape index (κ3) is 4.52. The van der Waals surface area contributed by atoms with Crippen LogP contribution in [0.5, 0.6) is 0 Å². The predicted octanol–water partition coefficient (Wildman–Crippen LogP) is 10.4. The molecule has 0 aliphatic heterocycles. The maximum Gasteiger partial charge on any atom is 0.211 e. The van der Waals surface area contributed by atoms with Gasteiger partial charge in [0.05, 0.1) is 0 Å². The van der Waals surface area contributed by atoms with Crippen LogP contribution in [0, 0.1) is 0 Å². The molecule has 0 atom stereocenters. The second-order valence-corrected chi connectivity index (χ2v) is 11.0. The van der Waals surface area contributed by atoms with Crippen LogP contribution >= 0.6 is 0 Å². The number of fused-ring (bicyclic) bond motifs is 7. The molecule has 8 rings (SSSR count). The molecule has 0 amide bonds. The van der Waals surface area contributed by atoms with Crippen LogP contribution in [0.2, 0.25) is 0 Å². The van der Waals surface area contributed by atoms with E-state index >= 15 is 0 Å². The molecular weight excluding hydrogens is 506 g/mol. The molecule has 6 aromatic carbocycles. The van der Waals surface area contributed by atoms with Gasteiger partial charge in [0.25, 0.3) is 0 Å². The normalized spacial score (nSPS) is 12.1. The van der Waals surface area contributed by atoms with Gasteiger partial charge in [-0.1, -0.05) is 121 Å². The first kappa shape index (κ1) is 24.3. The van der Waals surface area contributed by atoms with Crippen molar-refractivity contribution in [1.29, 1.82) is 0 Å². The van der Waals surface area contributed by atoms with Gasteiger partial charge in [0, 0.05) is 24.3 Å². The van der Waals surface area contributed by atoms with Crippen molar-refractivity contribution in [1.82, 2.24) is 0 Å². The van der Waals surface area contributed by atoms with Gasteiger partial charge < -0.3 is 0 Å². The van der Waals surface area contributed by atoms with Crippen molar-refractivity contribution in [2.45, 2.75) is 0 Å². The van der Waals surface area contributed by atoms with Crippen molar-refractivity contribution in [3.8, 4) is 0 Å². The Bertz CT molecular complexity index is 2190. The van der Waals surface area contributed by atoms with E-state index in [1.165, 1.54) is 65.3 Å². The molecule has 2 heterocycles. The van der Waals surface area contributed by atoms with Crippen molar-refractivity contribution >= 4 is 72.9 Å². The van der Waals surface area contributed by atoms with Crippen molar-refractivity contribution in [2.75, 3.05) is 0 Å². The molecule has 0 saturated carbocycles. The summed E-state index contributed by atoms with van der Waals surface area (Å²) >= 11 is 0. The Kier molecular flexibility index (Phi) is 5.86. The molecule has 42 heavy (non-hydrogen) atoms. The van der Waals surface area contributed by atoms with Crippen LogP contribution in [0.25, 0.3) is 72.9 Å². The first-order chi connectivity index (χ1) is 20.8. The lowest BCUT2D eigenvalue weighted by molar-refractivity contribution is -0.512. The number of aromatic nitrogens is 1. The topological polar surface area (TPSA) is 4.10 Å². The van der Waals surface area contributed by atoms with Crippen LogP contribution in [0.3, 0.4) is 0 Å². The lowest BCUT2D eigenvalue weighted by atomic mass is 9.99. The second kappa shape index (κ2) is 10.1. The van der Waals surface area contributed by atoms with E-state index in [0.29, 0.717) is 0 Å². The highest BCUT2D eigenvalue weighted by Crippen LogP contribution is 2.28. The van der Waals surface area contributed by atoms with E-state index in [9.17, 15) is 0 Å². The van der Waals surface area contributed by atoms with Gasteiger partial charge in [-0.15, -0.1) is 0 Å². The Hall–Kier alpha value is -5.53. The molecular formula is C41H28N+. The molecule has 0 radical (unpaired) electrons. The Labute approximate surface area is 244 Å². The van der Waals surface area contributed by atoms with Crippen LogP contribution in [0.15, 0.2) is 146 Å². The minimum absolute atomic E-state index is 1.16. The van der Waals surface area contributed by atoms with Crippen molar-refractivity contribution < 1.29 is 4.40 Å². The van der Waals surface area contributed by atoms with E-state index in [2.05, 4.69) is 175 Å². The molecule has 196 valence electrons. The van der Waals surface area contributed by atoms with Gasteiger partial charge in [0.2, 0.25) is 5.52 Å². The summed E-state index contributed by atoms with van der Waals surface area (Å²) < 4.78 is 2.17. The van der Waals surface area contributed by atoms with Gasteiger partial charge >= 0.3 is 0 Å². The van der Waals surface area contributed by atoms with Crippen LogP contribution in [0.4, 0.5) is 0 Å². The van der Waals surface area contributed by atoms with Crippen LogP contribution in [-0.2, 0) is 0 Å². The standard InChI is InChI=1S/C41H28N/c1-3-7-38-33(5-1)17-19-35-15-13-29(27-40(35)38)9-11-31-21-23-42-24-22-32(26-37(42)25-31)12-10-30-14-16-36-20-18-34-6-2-4-8-39(34)41(36)28-30/h1-28H/q+1/b11-9+,12-10+. The summed E-state index contributed by atoms with van der Waals surface area (Å²) in [5, 5.41) is 10.3. The summed E-state index contributed by atoms with van der Waals surface area (Å²) in [6.07, 6.45) is 13.1. The minimum Gasteiger partial charge on any atom is -0.167 e. The molecule has 8 aromatic rings. The summed E-state index contributed by atoms with van der Waals surface area (Å²) in [6, 6.07) is 48.2. The number of pyridine rings is 2. The van der Waals surface area contributed by atoms with Gasteiger partial charge in [-0.25, -0.2) is 0 Å². The Balaban J connectivity index is 1.09. The van der Waals surface area contributed by atoms with Crippen molar-refractivity contribution in [2.24, 2.45) is 0 Å². The number of hydrogen-bond donors (Lipinski definition) is 0. The summed E-state index contributed by atoms with van der Waals surface area (Å²) in [6.45, 7) is 0. The molecule has 0 unspecified atom stereocenters. The van der Waals surface area contributed by atoms with E-state index in [1.54, 1.807) is 0 Å². The molecule has 0 spiro atoms.